The second-order valence-corrected chi connectivity index (χ2v) is 7.67. The van der Waals surface area contributed by atoms with E-state index in [1.54, 1.807) is 13.0 Å². The zero-order valence-electron chi connectivity index (χ0n) is 17.5. The summed E-state index contributed by atoms with van der Waals surface area (Å²) in [6.45, 7) is 4.96. The fourth-order valence-electron chi connectivity index (χ4n) is 4.23. The maximum absolute atomic E-state index is 12.1. The fraction of sp³-hybridized carbons (Fsp3) is 0.250. The van der Waals surface area contributed by atoms with Crippen LogP contribution in [0.2, 0.25) is 0 Å². The van der Waals surface area contributed by atoms with Gasteiger partial charge in [-0.25, -0.2) is 0 Å². The van der Waals surface area contributed by atoms with Gasteiger partial charge < -0.3 is 20.9 Å². The van der Waals surface area contributed by atoms with Crippen molar-refractivity contribution in [3.8, 4) is 11.1 Å². The van der Waals surface area contributed by atoms with Gasteiger partial charge in [-0.2, -0.15) is 0 Å². The summed E-state index contributed by atoms with van der Waals surface area (Å²) < 4.78 is 0. The van der Waals surface area contributed by atoms with Crippen LogP contribution in [0.1, 0.15) is 35.0 Å². The van der Waals surface area contributed by atoms with Crippen molar-refractivity contribution in [1.29, 1.82) is 0 Å². The predicted molar refractivity (Wildman–Crippen MR) is 121 cm³/mol. The number of fused-ring (bicyclic) bond motifs is 1. The molecule has 6 heteroatoms. The largest absolute Gasteiger partial charge is 0.388 e. The number of nitrogens with one attached hydrogen (secondary N) is 2. The minimum atomic E-state index is -0.457. The Morgan fingerprint density at radius 1 is 1.17 bits per heavy atom. The summed E-state index contributed by atoms with van der Waals surface area (Å²) >= 11 is 0. The van der Waals surface area contributed by atoms with Crippen LogP contribution < -0.4 is 11.1 Å². The molecule has 0 radical (unpaired) electrons. The van der Waals surface area contributed by atoms with Crippen molar-refractivity contribution in [2.24, 2.45) is 5.73 Å². The van der Waals surface area contributed by atoms with Gasteiger partial charge in [-0.15, -0.1) is 0 Å². The number of anilines is 1. The van der Waals surface area contributed by atoms with Gasteiger partial charge >= 0.3 is 0 Å². The third-order valence-corrected chi connectivity index (χ3v) is 5.95. The van der Waals surface area contributed by atoms with Gasteiger partial charge in [0.2, 0.25) is 5.91 Å². The molecule has 0 unspecified atom stereocenters. The van der Waals surface area contributed by atoms with Crippen molar-refractivity contribution in [2.45, 2.75) is 20.3 Å². The second-order valence-electron chi connectivity index (χ2n) is 7.67. The van der Waals surface area contributed by atoms with Gasteiger partial charge in [0.25, 0.3) is 5.91 Å². The Balaban J connectivity index is 1.88. The van der Waals surface area contributed by atoms with E-state index in [1.807, 2.05) is 30.1 Å². The molecule has 0 saturated heterocycles. The molecule has 1 aromatic heterocycles. The number of hydrogen-bond acceptors (Lipinski definition) is 3. The first-order valence-corrected chi connectivity index (χ1v) is 10.1. The fourth-order valence-corrected chi connectivity index (χ4v) is 4.23. The molecule has 1 aliphatic rings. The molecule has 3 aromatic rings. The zero-order chi connectivity index (χ0) is 21.4. The molecule has 0 fully saturated rings. The lowest BCUT2D eigenvalue weighted by molar-refractivity contribution is -0.128. The molecule has 2 amide bonds. The Morgan fingerprint density at radius 2 is 1.97 bits per heavy atom. The van der Waals surface area contributed by atoms with Crippen molar-refractivity contribution in [2.75, 3.05) is 25.5 Å². The quantitative estimate of drug-likeness (QED) is 0.618. The van der Waals surface area contributed by atoms with E-state index >= 15 is 0 Å². The second kappa shape index (κ2) is 7.71. The van der Waals surface area contributed by atoms with Crippen LogP contribution in [0.3, 0.4) is 0 Å². The van der Waals surface area contributed by atoms with Gasteiger partial charge in [-0.1, -0.05) is 24.3 Å². The summed E-state index contributed by atoms with van der Waals surface area (Å²) in [5.74, 6) is -0.374. The first-order chi connectivity index (χ1) is 14.4. The molecule has 2 heterocycles. The Morgan fingerprint density at radius 3 is 2.60 bits per heavy atom. The molecule has 0 saturated carbocycles. The summed E-state index contributed by atoms with van der Waals surface area (Å²) in [5, 5.41) is 4.20. The number of nitrogens with zero attached hydrogens (tertiary/aromatic N) is 1. The van der Waals surface area contributed by atoms with E-state index in [4.69, 9.17) is 5.73 Å². The van der Waals surface area contributed by atoms with Crippen LogP contribution in [0.4, 0.5) is 5.69 Å². The van der Waals surface area contributed by atoms with Gasteiger partial charge in [-0.05, 0) is 53.8 Å². The summed E-state index contributed by atoms with van der Waals surface area (Å²) in [6.07, 6.45) is 2.84. The number of aromatic amines is 1. The summed E-state index contributed by atoms with van der Waals surface area (Å²) in [5.41, 5.74) is 13.4. The number of H-pyrrole nitrogens is 1. The Hall–Kier alpha value is -3.54. The average Bonchev–Trinajstić information content (AvgIpc) is 3.18. The molecule has 4 N–H and O–H groups in total. The van der Waals surface area contributed by atoms with Gasteiger partial charge in [-0.3, -0.25) is 9.59 Å². The first kappa shape index (κ1) is 19.8. The highest BCUT2D eigenvalue weighted by Crippen LogP contribution is 2.37. The van der Waals surface area contributed by atoms with Gasteiger partial charge in [0, 0.05) is 43.8 Å². The van der Waals surface area contributed by atoms with E-state index in [2.05, 4.69) is 35.4 Å². The monoisotopic (exact) mass is 402 g/mol. The molecule has 2 aromatic carbocycles. The highest BCUT2D eigenvalue weighted by atomic mass is 16.2. The van der Waals surface area contributed by atoms with Crippen LogP contribution >= 0.6 is 0 Å². The highest BCUT2D eigenvalue weighted by molar-refractivity contribution is 6.10. The summed E-state index contributed by atoms with van der Waals surface area (Å²) in [7, 11) is 1.91. The van der Waals surface area contributed by atoms with Crippen molar-refractivity contribution >= 4 is 34.0 Å². The van der Waals surface area contributed by atoms with Gasteiger partial charge in [0.1, 0.15) is 0 Å². The highest BCUT2D eigenvalue weighted by Gasteiger charge is 2.20. The molecular weight excluding hydrogens is 376 g/mol. The van der Waals surface area contributed by atoms with Crippen molar-refractivity contribution in [1.82, 2.24) is 9.88 Å². The molecule has 4 rings (SSSR count). The molecular formula is C24H26N4O2. The first-order valence-electron chi connectivity index (χ1n) is 10.1. The van der Waals surface area contributed by atoms with E-state index in [9.17, 15) is 9.59 Å². The SMILES string of the molecule is CNc1cccc(-c2ccc(C(N)=O)c3[nH]c(C4=CCN(C(C)=O)CC4)cc23)c1C. The van der Waals surface area contributed by atoms with Crippen LogP contribution in [-0.4, -0.2) is 41.8 Å². The number of nitrogens with two attached hydrogens (primary N) is 1. The standard InChI is InChI=1S/C24H26N4O2/c1-14-17(5-4-6-21(14)26-3)18-7-8-19(24(25)30)23-20(18)13-22(27-23)16-9-11-28(12-10-16)15(2)29/h4-9,13,26-27H,10-12H2,1-3H3,(H2,25,30). The minimum absolute atomic E-state index is 0.0835. The number of aromatic nitrogens is 1. The maximum atomic E-state index is 12.1. The molecule has 0 spiro atoms. The average molecular weight is 402 g/mol. The molecule has 6 nitrogen and oxygen atoms in total. The van der Waals surface area contributed by atoms with Crippen molar-refractivity contribution < 1.29 is 9.59 Å². The Bertz CT molecular complexity index is 1190. The van der Waals surface area contributed by atoms with Gasteiger partial charge in [0.05, 0.1) is 11.1 Å². The Kier molecular flexibility index (Phi) is 5.08. The number of carbonyl (C=O) groups excluding carboxylic acids is 2. The number of carbonyl (C=O) groups is 2. The number of benzene rings is 2. The molecule has 0 atom stereocenters. The predicted octanol–water partition coefficient (Wildman–Crippen LogP) is 3.92. The van der Waals surface area contributed by atoms with Crippen molar-refractivity contribution in [3.05, 3.63) is 59.3 Å². The molecule has 1 aliphatic heterocycles. The Labute approximate surface area is 175 Å². The lowest BCUT2D eigenvalue weighted by atomic mass is 9.94. The number of hydrogen-bond donors (Lipinski definition) is 3. The molecule has 30 heavy (non-hydrogen) atoms. The van der Waals surface area contributed by atoms with Crippen LogP contribution in [0, 0.1) is 6.92 Å². The number of rotatable bonds is 4. The van der Waals surface area contributed by atoms with Gasteiger partial charge in [0.15, 0.2) is 0 Å². The minimum Gasteiger partial charge on any atom is -0.388 e. The smallest absolute Gasteiger partial charge is 0.250 e. The van der Waals surface area contributed by atoms with E-state index in [-0.39, 0.29) is 5.91 Å². The third-order valence-electron chi connectivity index (χ3n) is 5.95. The van der Waals surface area contributed by atoms with Crippen molar-refractivity contribution in [3.63, 3.8) is 0 Å². The van der Waals surface area contributed by atoms with Crippen LogP contribution in [0.25, 0.3) is 27.6 Å². The summed E-state index contributed by atoms with van der Waals surface area (Å²) in [4.78, 5) is 28.9. The lowest BCUT2D eigenvalue weighted by Crippen LogP contribution is -2.32. The molecule has 154 valence electrons. The number of amides is 2. The maximum Gasteiger partial charge on any atom is 0.250 e. The van der Waals surface area contributed by atoms with E-state index in [1.165, 1.54) is 0 Å². The van der Waals surface area contributed by atoms with E-state index in [0.717, 1.165) is 51.0 Å². The molecule has 0 bridgehead atoms. The number of primary amides is 1. The van der Waals surface area contributed by atoms with E-state index < -0.39 is 5.91 Å². The zero-order valence-corrected chi connectivity index (χ0v) is 17.5. The van der Waals surface area contributed by atoms with Crippen LogP contribution in [0.5, 0.6) is 0 Å². The van der Waals surface area contributed by atoms with Crippen LogP contribution in [-0.2, 0) is 4.79 Å². The molecule has 0 aliphatic carbocycles. The topological polar surface area (TPSA) is 91.2 Å². The van der Waals surface area contributed by atoms with Crippen LogP contribution in [0.15, 0.2) is 42.5 Å². The normalized spacial score (nSPS) is 14.0. The third kappa shape index (κ3) is 3.34. The summed E-state index contributed by atoms with van der Waals surface area (Å²) in [6, 6.07) is 12.0. The lowest BCUT2D eigenvalue weighted by Gasteiger charge is -2.24. The van der Waals surface area contributed by atoms with E-state index in [0.29, 0.717) is 18.7 Å².